The van der Waals surface area contributed by atoms with Crippen LogP contribution in [0, 0.1) is 11.7 Å². The van der Waals surface area contributed by atoms with E-state index < -0.39 is 15.8 Å². The molecule has 0 spiro atoms. The number of nitrogens with one attached hydrogen (secondary N) is 3. The minimum absolute atomic E-state index is 0.0215. The van der Waals surface area contributed by atoms with Crippen molar-refractivity contribution in [1.29, 1.82) is 0 Å². The zero-order valence-electron chi connectivity index (χ0n) is 36.5. The van der Waals surface area contributed by atoms with Gasteiger partial charge in [-0.3, -0.25) is 29.1 Å². The SMILES string of the molecule is CCCS(=O)(=O)Nc1cccc(-c2nc(C(C)(C)C)sc2-c2ccnc(Nc3cnn(C4CCN(C(=O)C5CCC(Oc6ccc(C7CCC(=O)NC7=O)cc6)CC5)CC4)c3)n2)c1F. The largest absolute Gasteiger partial charge is 0.490 e. The van der Waals surface area contributed by atoms with E-state index >= 15 is 4.39 Å². The lowest BCUT2D eigenvalue weighted by Gasteiger charge is -2.36. The molecule has 18 heteroatoms. The van der Waals surface area contributed by atoms with Crippen LogP contribution in [0.3, 0.4) is 0 Å². The van der Waals surface area contributed by atoms with Crippen LogP contribution >= 0.6 is 11.3 Å². The molecule has 2 saturated heterocycles. The van der Waals surface area contributed by atoms with Gasteiger partial charge in [0.1, 0.15) is 5.75 Å². The van der Waals surface area contributed by atoms with Gasteiger partial charge in [0, 0.05) is 48.8 Å². The highest BCUT2D eigenvalue weighted by atomic mass is 32.2. The number of sulfonamides is 1. The summed E-state index contributed by atoms with van der Waals surface area (Å²) in [7, 11) is -3.73. The lowest BCUT2D eigenvalue weighted by Crippen LogP contribution is -2.43. The van der Waals surface area contributed by atoms with Gasteiger partial charge >= 0.3 is 0 Å². The molecule has 3 aromatic heterocycles. The molecule has 3 fully saturated rings. The number of imide groups is 1. The quantitative estimate of drug-likeness (QED) is 0.0968. The lowest BCUT2D eigenvalue weighted by molar-refractivity contribution is -0.138. The number of carbonyl (C=O) groups is 3. The van der Waals surface area contributed by atoms with E-state index in [9.17, 15) is 22.8 Å². The Hall–Kier alpha value is -5.75. The molecule has 5 aromatic rings. The Morgan fingerprint density at radius 1 is 0.984 bits per heavy atom. The van der Waals surface area contributed by atoms with E-state index in [0.717, 1.165) is 54.8 Å². The molecule has 5 heterocycles. The van der Waals surface area contributed by atoms with Crippen molar-refractivity contribution in [2.24, 2.45) is 5.92 Å². The van der Waals surface area contributed by atoms with Crippen molar-refractivity contribution in [2.45, 2.75) is 109 Å². The van der Waals surface area contributed by atoms with E-state index in [-0.39, 0.29) is 64.1 Å². The molecule has 338 valence electrons. The summed E-state index contributed by atoms with van der Waals surface area (Å²) < 4.78 is 51.7. The molecule has 3 aliphatic rings. The summed E-state index contributed by atoms with van der Waals surface area (Å²) in [5, 5.41) is 11.1. The average molecular weight is 912 g/mol. The van der Waals surface area contributed by atoms with Gasteiger partial charge in [0.25, 0.3) is 0 Å². The summed E-state index contributed by atoms with van der Waals surface area (Å²) in [4.78, 5) is 54.2. The predicted octanol–water partition coefficient (Wildman–Crippen LogP) is 8.12. The van der Waals surface area contributed by atoms with E-state index in [0.29, 0.717) is 60.3 Å². The highest BCUT2D eigenvalue weighted by Crippen LogP contribution is 2.42. The molecule has 1 atom stereocenters. The van der Waals surface area contributed by atoms with Gasteiger partial charge < -0.3 is 15.0 Å². The Morgan fingerprint density at radius 3 is 2.44 bits per heavy atom. The van der Waals surface area contributed by atoms with E-state index in [1.807, 2.05) is 60.8 Å². The van der Waals surface area contributed by atoms with Gasteiger partial charge in [-0.2, -0.15) is 5.10 Å². The average Bonchev–Trinajstić information content (AvgIpc) is 3.94. The van der Waals surface area contributed by atoms with Gasteiger partial charge in [0.05, 0.1) is 62.7 Å². The predicted molar refractivity (Wildman–Crippen MR) is 243 cm³/mol. The van der Waals surface area contributed by atoms with Gasteiger partial charge in [-0.05, 0) is 87.3 Å². The molecule has 0 radical (unpaired) electrons. The Balaban J connectivity index is 0.856. The molecule has 3 amide bonds. The number of carbonyl (C=O) groups excluding carboxylic acids is 3. The number of amides is 3. The third-order valence-corrected chi connectivity index (χ3v) is 15.0. The molecule has 15 nitrogen and oxygen atoms in total. The van der Waals surface area contributed by atoms with Gasteiger partial charge in [-0.15, -0.1) is 11.3 Å². The van der Waals surface area contributed by atoms with Gasteiger partial charge in [-0.1, -0.05) is 45.9 Å². The van der Waals surface area contributed by atoms with Gasteiger partial charge in [0.15, 0.2) is 5.82 Å². The Bertz CT molecular complexity index is 2610. The number of hydrogen-bond acceptors (Lipinski definition) is 12. The maximum Gasteiger partial charge on any atom is 0.234 e. The van der Waals surface area contributed by atoms with E-state index in [1.54, 1.807) is 37.5 Å². The molecule has 3 N–H and O–H groups in total. The van der Waals surface area contributed by atoms with Crippen molar-refractivity contribution in [3.63, 3.8) is 0 Å². The van der Waals surface area contributed by atoms with Crippen LogP contribution in [0.2, 0.25) is 0 Å². The van der Waals surface area contributed by atoms with Crippen LogP contribution < -0.4 is 20.1 Å². The minimum Gasteiger partial charge on any atom is -0.490 e. The van der Waals surface area contributed by atoms with Crippen molar-refractivity contribution in [1.82, 2.24) is 34.9 Å². The van der Waals surface area contributed by atoms with Crippen molar-refractivity contribution in [3.8, 4) is 27.6 Å². The Kier molecular flexibility index (Phi) is 13.1. The second kappa shape index (κ2) is 18.8. The number of halogens is 1. The van der Waals surface area contributed by atoms with Gasteiger partial charge in [-0.25, -0.2) is 27.8 Å². The lowest BCUT2D eigenvalue weighted by atomic mass is 9.86. The zero-order chi connectivity index (χ0) is 45.2. The summed E-state index contributed by atoms with van der Waals surface area (Å²) in [5.41, 5.74) is 2.12. The van der Waals surface area contributed by atoms with Crippen LogP contribution in [0.4, 0.5) is 21.7 Å². The molecule has 1 saturated carbocycles. The molecule has 1 aliphatic carbocycles. The highest BCUT2D eigenvalue weighted by molar-refractivity contribution is 7.92. The second-order valence-electron chi connectivity index (χ2n) is 17.9. The van der Waals surface area contributed by atoms with Crippen molar-refractivity contribution in [3.05, 3.63) is 83.5 Å². The normalized spacial score (nSPS) is 19.9. The number of nitrogens with zero attached hydrogens (tertiary/aromatic N) is 6. The number of thiazole rings is 1. The summed E-state index contributed by atoms with van der Waals surface area (Å²) >= 11 is 1.40. The first kappa shape index (κ1) is 44.8. The monoisotopic (exact) mass is 911 g/mol. The minimum atomic E-state index is -3.73. The standard InChI is InChI=1S/C46H54FN9O6S2/c1-5-25-64(60,61)54-36-8-6-7-35(39(36)47)40-41(63-44(53-40)46(2,3)4)37-19-22-48-45(51-37)50-30-26-49-56(27-30)31-20-23-55(24-21-31)43(59)29-11-15-33(16-12-29)62-32-13-9-28(10-14-32)34-17-18-38(57)52-42(34)58/h6-10,13-14,19,22,26-27,29,31,33-34,54H,5,11-12,15-18,20-21,23-25H2,1-4H3,(H,48,50,51)(H,52,57,58). The van der Waals surface area contributed by atoms with Crippen molar-refractivity contribution in [2.75, 3.05) is 28.9 Å². The molecule has 64 heavy (non-hydrogen) atoms. The summed E-state index contributed by atoms with van der Waals surface area (Å²) in [6.07, 6.45) is 11.2. The molecule has 0 bridgehead atoms. The van der Waals surface area contributed by atoms with Crippen LogP contribution in [0.1, 0.15) is 108 Å². The van der Waals surface area contributed by atoms with Crippen molar-refractivity contribution >= 4 is 56.4 Å². The highest BCUT2D eigenvalue weighted by Gasteiger charge is 2.34. The first-order valence-electron chi connectivity index (χ1n) is 22.0. The molecular weight excluding hydrogens is 858 g/mol. The number of hydrogen-bond donors (Lipinski definition) is 3. The second-order valence-corrected chi connectivity index (χ2v) is 20.7. The summed E-state index contributed by atoms with van der Waals surface area (Å²) in [6.45, 7) is 9.12. The third-order valence-electron chi connectivity index (χ3n) is 12.0. The molecular formula is C46H54FN9O6S2. The molecule has 1 unspecified atom stereocenters. The Labute approximate surface area is 376 Å². The molecule has 2 aromatic carbocycles. The number of anilines is 3. The fourth-order valence-corrected chi connectivity index (χ4v) is 10.8. The van der Waals surface area contributed by atoms with E-state index in [2.05, 4.69) is 25.4 Å². The first-order valence-corrected chi connectivity index (χ1v) is 24.5. The Morgan fingerprint density at radius 2 is 1.73 bits per heavy atom. The van der Waals surface area contributed by atoms with Crippen LogP contribution in [0.25, 0.3) is 21.8 Å². The van der Waals surface area contributed by atoms with E-state index in [1.165, 1.54) is 17.4 Å². The number of piperidine rings is 2. The number of rotatable bonds is 13. The fourth-order valence-electron chi connectivity index (χ4n) is 8.57. The van der Waals surface area contributed by atoms with Gasteiger partial charge in [0.2, 0.25) is 33.7 Å². The molecule has 2 aliphatic heterocycles. The van der Waals surface area contributed by atoms with Crippen LogP contribution in [-0.2, 0) is 29.8 Å². The number of benzene rings is 2. The topological polar surface area (TPSA) is 190 Å². The summed E-state index contributed by atoms with van der Waals surface area (Å²) in [5.74, 6) is -0.422. The molecule has 8 rings (SSSR count). The van der Waals surface area contributed by atoms with Crippen LogP contribution in [-0.4, -0.2) is 80.7 Å². The fraction of sp³-hybridized carbons (Fsp3) is 0.457. The van der Waals surface area contributed by atoms with Crippen LogP contribution in [0.5, 0.6) is 5.75 Å². The van der Waals surface area contributed by atoms with E-state index in [4.69, 9.17) is 14.7 Å². The number of ether oxygens (including phenoxy) is 1. The third kappa shape index (κ3) is 10.3. The maximum absolute atomic E-state index is 16.1. The number of aromatic nitrogens is 5. The van der Waals surface area contributed by atoms with Crippen LogP contribution in [0.15, 0.2) is 67.1 Å². The summed E-state index contributed by atoms with van der Waals surface area (Å²) in [6, 6.07) is 14.0. The van der Waals surface area contributed by atoms with Crippen molar-refractivity contribution < 1.29 is 31.9 Å². The smallest absolute Gasteiger partial charge is 0.234 e. The number of likely N-dealkylation sites (tertiary alicyclic amines) is 1. The zero-order valence-corrected chi connectivity index (χ0v) is 38.1. The maximum atomic E-state index is 16.1. The first-order chi connectivity index (χ1) is 30.6.